The van der Waals surface area contributed by atoms with E-state index in [0.29, 0.717) is 25.4 Å². The molecule has 0 amide bonds. The summed E-state index contributed by atoms with van der Waals surface area (Å²) in [5, 5.41) is 19.6. The van der Waals surface area contributed by atoms with Crippen LogP contribution in [0.3, 0.4) is 0 Å². The molecule has 9 heteroatoms. The van der Waals surface area contributed by atoms with E-state index >= 15 is 0 Å². The molecule has 0 heterocycles. The van der Waals surface area contributed by atoms with E-state index in [1.165, 1.54) is 42.4 Å². The summed E-state index contributed by atoms with van der Waals surface area (Å²) in [5.74, 6) is 3.44. The standard InChI is InChI=1S/2C46H36O2P2.Pd/c2*1-5-19-37(20-6-1)49(38-21-7-2-8-22-38)33-47-43-31-29-35-17-13-15-27-41(35)45(43)46-42-28-16-14-18-36(42)30-32-44(46)48-34-50(39-23-9-3-10-24-39)40-25-11-4-12-26-40;/h2*1-32H,33-34H2;. The Labute approximate surface area is 610 Å². The first kappa shape index (κ1) is 68.3. The minimum atomic E-state index is -0.759. The van der Waals surface area contributed by atoms with Crippen LogP contribution in [0.15, 0.2) is 388 Å². The minimum Gasteiger partial charge on any atom is -0.488 e. The Morgan fingerprint density at radius 1 is 0.158 bits per heavy atom. The van der Waals surface area contributed by atoms with Crippen LogP contribution in [-0.2, 0) is 20.4 Å². The Hall–Kier alpha value is -9.86. The summed E-state index contributed by atoms with van der Waals surface area (Å²) in [5.41, 5.74) is 4.26. The summed E-state index contributed by atoms with van der Waals surface area (Å²) >= 11 is 0. The van der Waals surface area contributed by atoms with Crippen molar-refractivity contribution in [3.63, 3.8) is 0 Å². The van der Waals surface area contributed by atoms with Gasteiger partial charge in [-0.05, 0) is 141 Å². The summed E-state index contributed by atoms with van der Waals surface area (Å²) in [6, 6.07) is 138. The van der Waals surface area contributed by atoms with Crippen molar-refractivity contribution in [1.82, 2.24) is 0 Å². The molecule has 0 bridgehead atoms. The summed E-state index contributed by atoms with van der Waals surface area (Å²) in [7, 11) is -3.04. The Bertz CT molecular complexity index is 4510. The van der Waals surface area contributed by atoms with Gasteiger partial charge in [-0.25, -0.2) is 0 Å². The number of hydrogen-bond acceptors (Lipinski definition) is 4. The monoisotopic (exact) mass is 1470 g/mol. The molecule has 0 saturated carbocycles. The Morgan fingerprint density at radius 2 is 0.307 bits per heavy atom. The van der Waals surface area contributed by atoms with Crippen LogP contribution < -0.4 is 61.4 Å². The number of rotatable bonds is 22. The molecule has 0 atom stereocenters. The molecule has 0 saturated heterocycles. The summed E-state index contributed by atoms with van der Waals surface area (Å²) < 4.78 is 28.1. The van der Waals surface area contributed by atoms with Crippen molar-refractivity contribution in [1.29, 1.82) is 0 Å². The Morgan fingerprint density at radius 3 is 0.475 bits per heavy atom. The minimum absolute atomic E-state index is 0. The Balaban J connectivity index is 0.000000170. The second kappa shape index (κ2) is 33.5. The zero-order chi connectivity index (χ0) is 67.1. The molecule has 0 aromatic heterocycles. The molecule has 0 aliphatic rings. The van der Waals surface area contributed by atoms with Crippen LogP contribution in [-0.4, -0.2) is 25.4 Å². The van der Waals surface area contributed by atoms with E-state index in [9.17, 15) is 0 Å². The summed E-state index contributed by atoms with van der Waals surface area (Å²) in [6.45, 7) is 0. The van der Waals surface area contributed by atoms with Crippen molar-refractivity contribution in [3.05, 3.63) is 388 Å². The van der Waals surface area contributed by atoms with Gasteiger partial charge in [-0.3, -0.25) is 0 Å². The molecule has 16 aromatic rings. The smallest absolute Gasteiger partial charge is 0.128 e. The quantitative estimate of drug-likeness (QED) is 0.0501. The van der Waals surface area contributed by atoms with Gasteiger partial charge in [0.05, 0.1) is 0 Å². The van der Waals surface area contributed by atoms with Crippen molar-refractivity contribution >= 4 is 117 Å². The molecule has 16 rings (SSSR count). The van der Waals surface area contributed by atoms with Gasteiger partial charge in [-0.2, -0.15) is 0 Å². The Kier molecular flexibility index (Phi) is 22.7. The van der Waals surface area contributed by atoms with Crippen LogP contribution in [0.5, 0.6) is 23.0 Å². The van der Waals surface area contributed by atoms with E-state index in [1.54, 1.807) is 0 Å². The molecule has 0 aliphatic carbocycles. The van der Waals surface area contributed by atoms with Gasteiger partial charge in [0.25, 0.3) is 0 Å². The van der Waals surface area contributed by atoms with Gasteiger partial charge < -0.3 is 18.9 Å². The molecule has 0 unspecified atom stereocenters. The van der Waals surface area contributed by atoms with Gasteiger partial charge in [0.1, 0.15) is 48.4 Å². The first-order valence-corrected chi connectivity index (χ1v) is 39.9. The average molecular weight is 1470 g/mol. The van der Waals surface area contributed by atoms with Gasteiger partial charge in [0.15, 0.2) is 0 Å². The number of ether oxygens (including phenoxy) is 4. The predicted molar refractivity (Wildman–Crippen MR) is 432 cm³/mol. The third-order valence-electron chi connectivity index (χ3n) is 18.0. The number of hydrogen-bond donors (Lipinski definition) is 0. The molecular weight excluding hydrogens is 1400 g/mol. The first-order chi connectivity index (χ1) is 49.7. The van der Waals surface area contributed by atoms with Gasteiger partial charge >= 0.3 is 0 Å². The second-order valence-electron chi connectivity index (χ2n) is 24.1. The number of benzene rings is 16. The molecule has 101 heavy (non-hydrogen) atoms. The normalized spacial score (nSPS) is 11.2. The number of fused-ring (bicyclic) bond motifs is 4. The van der Waals surface area contributed by atoms with Crippen molar-refractivity contribution in [2.24, 2.45) is 0 Å². The maximum Gasteiger partial charge on any atom is 0.128 e. The SMILES string of the molecule is [Pd].c1ccc(P(COc2ccc3ccccc3c2-c2c(OCP(c3ccccc3)c3ccccc3)ccc3ccccc23)c2ccccc2)cc1.c1ccc(P(COc2ccc3ccccc3c2-c2c(OCP(c3ccccc3)c3ccccc3)ccc3ccccc23)c2ccccc2)cc1. The molecular formula is C92H72O4P4Pd. The van der Waals surface area contributed by atoms with Crippen LogP contribution in [0.2, 0.25) is 0 Å². The molecule has 4 nitrogen and oxygen atoms in total. The molecule has 0 N–H and O–H groups in total. The zero-order valence-electron chi connectivity index (χ0n) is 55.5. The topological polar surface area (TPSA) is 36.9 Å². The van der Waals surface area contributed by atoms with Gasteiger partial charge in [-0.15, -0.1) is 0 Å². The predicted octanol–water partition coefficient (Wildman–Crippen LogP) is 21.2. The van der Waals surface area contributed by atoms with Crippen LogP contribution in [0, 0.1) is 0 Å². The van der Waals surface area contributed by atoms with Crippen molar-refractivity contribution in [2.75, 3.05) is 25.4 Å². The van der Waals surface area contributed by atoms with Crippen LogP contribution in [0.4, 0.5) is 0 Å². The fourth-order valence-electron chi connectivity index (χ4n) is 13.1. The molecule has 0 radical (unpaired) electrons. The summed E-state index contributed by atoms with van der Waals surface area (Å²) in [6.07, 6.45) is 2.23. The first-order valence-electron chi connectivity index (χ1n) is 33.8. The fourth-order valence-corrected chi connectivity index (χ4v) is 20.8. The van der Waals surface area contributed by atoms with E-state index in [4.69, 9.17) is 18.9 Å². The molecule has 0 aliphatic heterocycles. The van der Waals surface area contributed by atoms with Crippen molar-refractivity contribution in [3.8, 4) is 45.3 Å². The third-order valence-corrected chi connectivity index (χ3v) is 26.9. The molecule has 0 fully saturated rings. The summed E-state index contributed by atoms with van der Waals surface area (Å²) in [4.78, 5) is 0. The second-order valence-corrected chi connectivity index (χ2v) is 32.7. The van der Waals surface area contributed by atoms with Gasteiger partial charge in [0.2, 0.25) is 0 Å². The maximum absolute atomic E-state index is 7.02. The van der Waals surface area contributed by atoms with E-state index < -0.39 is 31.7 Å². The van der Waals surface area contributed by atoms with E-state index in [-0.39, 0.29) is 20.4 Å². The van der Waals surface area contributed by atoms with Crippen LogP contribution >= 0.6 is 31.7 Å². The van der Waals surface area contributed by atoms with Gasteiger partial charge in [0, 0.05) is 42.7 Å². The average Bonchev–Trinajstić information content (AvgIpc) is 0.758. The maximum atomic E-state index is 7.02. The third kappa shape index (κ3) is 15.9. The molecule has 0 spiro atoms. The fraction of sp³-hybridized carbons (Fsp3) is 0.0435. The van der Waals surface area contributed by atoms with Crippen molar-refractivity contribution in [2.45, 2.75) is 0 Å². The van der Waals surface area contributed by atoms with Crippen LogP contribution in [0.25, 0.3) is 65.3 Å². The van der Waals surface area contributed by atoms with E-state index in [0.717, 1.165) is 88.3 Å². The zero-order valence-corrected chi connectivity index (χ0v) is 60.6. The van der Waals surface area contributed by atoms with E-state index in [1.807, 2.05) is 0 Å². The van der Waals surface area contributed by atoms with Gasteiger partial charge in [-0.1, -0.05) is 364 Å². The molecule has 494 valence electrons. The molecule has 16 aromatic carbocycles. The largest absolute Gasteiger partial charge is 0.488 e. The van der Waals surface area contributed by atoms with Crippen molar-refractivity contribution < 1.29 is 39.4 Å². The van der Waals surface area contributed by atoms with Crippen LogP contribution in [0.1, 0.15) is 0 Å². The van der Waals surface area contributed by atoms with E-state index in [2.05, 4.69) is 388 Å².